The summed E-state index contributed by atoms with van der Waals surface area (Å²) in [7, 11) is 0. The largest absolute Gasteiger partial charge is 0.508 e. The summed E-state index contributed by atoms with van der Waals surface area (Å²) in [5.74, 6) is -3.19. The van der Waals surface area contributed by atoms with Gasteiger partial charge >= 0.3 is 5.97 Å². The van der Waals surface area contributed by atoms with Gasteiger partial charge in [0.25, 0.3) is 0 Å². The molecule has 0 bridgehead atoms. The summed E-state index contributed by atoms with van der Waals surface area (Å²) in [4.78, 5) is 48.0. The molecule has 32 heavy (non-hydrogen) atoms. The molecule has 1 aromatic rings. The summed E-state index contributed by atoms with van der Waals surface area (Å²) >= 11 is 4.03. The van der Waals surface area contributed by atoms with Crippen LogP contribution < -0.4 is 27.4 Å². The number of benzene rings is 1. The Morgan fingerprint density at radius 1 is 1.00 bits per heavy atom. The maximum absolute atomic E-state index is 12.5. The predicted octanol–water partition coefficient (Wildman–Crippen LogP) is -1.51. The summed E-state index contributed by atoms with van der Waals surface area (Å²) in [6, 6.07) is 2.77. The molecule has 12 heteroatoms. The van der Waals surface area contributed by atoms with Crippen molar-refractivity contribution in [2.24, 2.45) is 11.5 Å². The number of aliphatic carboxylic acids is 1. The lowest BCUT2D eigenvalue weighted by Gasteiger charge is -2.20. The van der Waals surface area contributed by atoms with Crippen molar-refractivity contribution < 1.29 is 29.4 Å². The number of amides is 3. The standard InChI is InChI=1S/C20H31N5O6S/c21-8-2-1-3-14(22)18(28)23-10-17(27)24-16(11-32)19(29)25-15(20(30)31)9-12-4-6-13(26)7-5-12/h4-7,14-16,26,32H,1-3,8-11,21-22H2,(H,23,28)(H,24,27)(H,25,29)(H,30,31). The third kappa shape index (κ3) is 9.98. The zero-order valence-corrected chi connectivity index (χ0v) is 18.5. The van der Waals surface area contributed by atoms with E-state index < -0.39 is 48.4 Å². The second-order valence-corrected chi connectivity index (χ2v) is 7.55. The van der Waals surface area contributed by atoms with Crippen LogP contribution in [0.3, 0.4) is 0 Å². The molecule has 3 amide bonds. The van der Waals surface area contributed by atoms with Crippen LogP contribution in [0.25, 0.3) is 0 Å². The molecule has 9 N–H and O–H groups in total. The third-order valence-electron chi connectivity index (χ3n) is 4.55. The Balaban J connectivity index is 2.56. The normalized spacial score (nSPS) is 13.5. The molecular formula is C20H31N5O6S. The van der Waals surface area contributed by atoms with Crippen LogP contribution in [0.4, 0.5) is 0 Å². The number of rotatable bonds is 14. The zero-order valence-electron chi connectivity index (χ0n) is 17.6. The van der Waals surface area contributed by atoms with Gasteiger partial charge in [0.2, 0.25) is 17.7 Å². The minimum atomic E-state index is -1.26. The summed E-state index contributed by atoms with van der Waals surface area (Å²) in [6.45, 7) is 0.110. The molecule has 178 valence electrons. The van der Waals surface area contributed by atoms with Gasteiger partial charge in [-0.25, -0.2) is 4.79 Å². The number of carboxylic acid groups (broad SMARTS) is 1. The van der Waals surface area contributed by atoms with Gasteiger partial charge in [-0.05, 0) is 37.1 Å². The van der Waals surface area contributed by atoms with E-state index in [0.717, 1.165) is 6.42 Å². The van der Waals surface area contributed by atoms with Gasteiger partial charge in [-0.15, -0.1) is 0 Å². The van der Waals surface area contributed by atoms with Crippen LogP contribution in [0.2, 0.25) is 0 Å². The van der Waals surface area contributed by atoms with E-state index in [4.69, 9.17) is 11.5 Å². The molecule has 1 aromatic carbocycles. The fourth-order valence-corrected chi connectivity index (χ4v) is 2.97. The number of aromatic hydroxyl groups is 1. The van der Waals surface area contributed by atoms with E-state index in [1.807, 2.05) is 0 Å². The van der Waals surface area contributed by atoms with Crippen molar-refractivity contribution in [3.05, 3.63) is 29.8 Å². The number of carbonyl (C=O) groups is 4. The highest BCUT2D eigenvalue weighted by atomic mass is 32.1. The van der Waals surface area contributed by atoms with Crippen molar-refractivity contribution >= 4 is 36.3 Å². The lowest BCUT2D eigenvalue weighted by atomic mass is 10.1. The predicted molar refractivity (Wildman–Crippen MR) is 121 cm³/mol. The van der Waals surface area contributed by atoms with Gasteiger partial charge in [-0.2, -0.15) is 12.6 Å². The molecule has 0 heterocycles. The van der Waals surface area contributed by atoms with Crippen LogP contribution in [0.5, 0.6) is 5.75 Å². The van der Waals surface area contributed by atoms with E-state index in [1.165, 1.54) is 12.1 Å². The van der Waals surface area contributed by atoms with Gasteiger partial charge in [0.1, 0.15) is 17.8 Å². The fraction of sp³-hybridized carbons (Fsp3) is 0.500. The SMILES string of the molecule is NCCCCC(N)C(=O)NCC(=O)NC(CS)C(=O)NC(Cc1ccc(O)cc1)C(=O)O. The lowest BCUT2D eigenvalue weighted by Crippen LogP contribution is -2.54. The average Bonchev–Trinajstić information content (AvgIpc) is 2.76. The molecule has 0 aliphatic rings. The molecule has 0 saturated heterocycles. The minimum absolute atomic E-state index is 0.0211. The van der Waals surface area contributed by atoms with Gasteiger partial charge < -0.3 is 37.6 Å². The molecule has 0 spiro atoms. The summed E-state index contributed by atoms with van der Waals surface area (Å²) < 4.78 is 0. The Kier molecular flexibility index (Phi) is 12.1. The zero-order chi connectivity index (χ0) is 24.1. The minimum Gasteiger partial charge on any atom is -0.508 e. The number of carbonyl (C=O) groups excluding carboxylic acids is 3. The first-order valence-corrected chi connectivity index (χ1v) is 10.8. The number of carboxylic acids is 1. The van der Waals surface area contributed by atoms with Crippen molar-refractivity contribution in [3.8, 4) is 5.75 Å². The van der Waals surface area contributed by atoms with E-state index in [2.05, 4.69) is 28.6 Å². The van der Waals surface area contributed by atoms with Crippen LogP contribution in [0.1, 0.15) is 24.8 Å². The number of phenols is 1. The number of hydrogen-bond acceptors (Lipinski definition) is 8. The monoisotopic (exact) mass is 469 g/mol. The van der Waals surface area contributed by atoms with E-state index in [-0.39, 0.29) is 17.9 Å². The van der Waals surface area contributed by atoms with Crippen LogP contribution >= 0.6 is 12.6 Å². The summed E-state index contributed by atoms with van der Waals surface area (Å²) in [5, 5.41) is 25.9. The lowest BCUT2D eigenvalue weighted by molar-refractivity contribution is -0.142. The molecule has 11 nitrogen and oxygen atoms in total. The van der Waals surface area contributed by atoms with Crippen LogP contribution in [0.15, 0.2) is 24.3 Å². The Morgan fingerprint density at radius 2 is 1.66 bits per heavy atom. The number of hydrogen-bond donors (Lipinski definition) is 8. The van der Waals surface area contributed by atoms with Crippen molar-refractivity contribution in [1.82, 2.24) is 16.0 Å². The Morgan fingerprint density at radius 3 is 2.22 bits per heavy atom. The first kappa shape index (κ1) is 27.2. The van der Waals surface area contributed by atoms with Crippen molar-refractivity contribution in [2.45, 2.75) is 43.8 Å². The first-order valence-electron chi connectivity index (χ1n) is 10.1. The summed E-state index contributed by atoms with van der Waals surface area (Å²) in [6.07, 6.45) is 1.84. The second-order valence-electron chi connectivity index (χ2n) is 7.18. The van der Waals surface area contributed by atoms with E-state index >= 15 is 0 Å². The number of phenolic OH excluding ortho intramolecular Hbond substituents is 1. The molecule has 0 radical (unpaired) electrons. The number of thiol groups is 1. The Labute approximate surface area is 191 Å². The van der Waals surface area contributed by atoms with Gasteiger partial charge in [-0.3, -0.25) is 14.4 Å². The highest BCUT2D eigenvalue weighted by Crippen LogP contribution is 2.11. The summed E-state index contributed by atoms with van der Waals surface area (Å²) in [5.41, 5.74) is 11.7. The van der Waals surface area contributed by atoms with Crippen molar-refractivity contribution in [3.63, 3.8) is 0 Å². The van der Waals surface area contributed by atoms with Gasteiger partial charge in [0.15, 0.2) is 0 Å². The topological polar surface area (TPSA) is 197 Å². The van der Waals surface area contributed by atoms with Crippen molar-refractivity contribution in [1.29, 1.82) is 0 Å². The number of nitrogens with one attached hydrogen (secondary N) is 3. The molecule has 0 fully saturated rings. The first-order chi connectivity index (χ1) is 15.2. The fourth-order valence-electron chi connectivity index (χ4n) is 2.72. The second kappa shape index (κ2) is 14.3. The molecule has 0 saturated carbocycles. The van der Waals surface area contributed by atoms with Crippen molar-refractivity contribution in [2.75, 3.05) is 18.8 Å². The quantitative estimate of drug-likeness (QED) is 0.119. The highest BCUT2D eigenvalue weighted by molar-refractivity contribution is 7.80. The average molecular weight is 470 g/mol. The highest BCUT2D eigenvalue weighted by Gasteiger charge is 2.26. The molecule has 1 rings (SSSR count). The smallest absolute Gasteiger partial charge is 0.326 e. The third-order valence-corrected chi connectivity index (χ3v) is 4.92. The van der Waals surface area contributed by atoms with E-state index in [0.29, 0.717) is 24.9 Å². The van der Waals surface area contributed by atoms with Crippen LogP contribution in [-0.2, 0) is 25.6 Å². The number of unbranched alkanes of at least 4 members (excludes halogenated alkanes) is 1. The van der Waals surface area contributed by atoms with Crippen LogP contribution in [-0.4, -0.2) is 70.9 Å². The van der Waals surface area contributed by atoms with Crippen LogP contribution in [0, 0.1) is 0 Å². The molecule has 3 atom stereocenters. The Bertz CT molecular complexity index is 776. The maximum Gasteiger partial charge on any atom is 0.326 e. The van der Waals surface area contributed by atoms with Gasteiger partial charge in [-0.1, -0.05) is 18.6 Å². The van der Waals surface area contributed by atoms with E-state index in [9.17, 15) is 29.4 Å². The molecular weight excluding hydrogens is 438 g/mol. The molecule has 3 unspecified atom stereocenters. The molecule has 0 aliphatic heterocycles. The van der Waals surface area contributed by atoms with Gasteiger partial charge in [0, 0.05) is 12.2 Å². The Hall–Kier alpha value is -2.83. The maximum atomic E-state index is 12.5. The van der Waals surface area contributed by atoms with E-state index in [1.54, 1.807) is 12.1 Å². The molecule has 0 aromatic heterocycles. The number of nitrogens with two attached hydrogens (primary N) is 2. The molecule has 0 aliphatic carbocycles. The van der Waals surface area contributed by atoms with Gasteiger partial charge in [0.05, 0.1) is 12.6 Å².